The molecule has 0 N–H and O–H groups in total. The fourth-order valence-electron chi connectivity index (χ4n) is 1.88. The summed E-state index contributed by atoms with van der Waals surface area (Å²) in [6.07, 6.45) is 5.76. The minimum atomic E-state index is -1.04. The first kappa shape index (κ1) is 15.8. The molecule has 0 aliphatic carbocycles. The van der Waals surface area contributed by atoms with Gasteiger partial charge in [-0.25, -0.2) is 9.97 Å². The molecule has 0 atom stereocenters. The molecule has 2 rings (SSSR count). The van der Waals surface area contributed by atoms with E-state index >= 15 is 0 Å². The van der Waals surface area contributed by atoms with Crippen molar-refractivity contribution in [1.82, 2.24) is 14.5 Å². The van der Waals surface area contributed by atoms with Crippen LogP contribution >= 0.6 is 0 Å². The second-order valence-corrected chi connectivity index (χ2v) is 12.0. The third-order valence-electron chi connectivity index (χ3n) is 3.10. The monoisotopic (exact) mass is 307 g/mol. The molecule has 0 aliphatic heterocycles. The summed E-state index contributed by atoms with van der Waals surface area (Å²) in [5, 5.41) is 0. The Balaban J connectivity index is 1.81. The number of nitrogens with zero attached hydrogens (tertiary/aromatic N) is 3. The zero-order valence-corrected chi connectivity index (χ0v) is 13.8. The molecule has 114 valence electrons. The van der Waals surface area contributed by atoms with Crippen molar-refractivity contribution in [2.75, 3.05) is 6.61 Å². The number of halogens is 1. The summed E-state index contributed by atoms with van der Waals surface area (Å²) in [5.74, 6) is -0.457. The van der Waals surface area contributed by atoms with Crippen LogP contribution in [0.25, 0.3) is 0 Å². The average Bonchev–Trinajstić information content (AvgIpc) is 2.81. The Labute approximate surface area is 126 Å². The Hall–Kier alpha value is -1.53. The van der Waals surface area contributed by atoms with Crippen LogP contribution in [-0.2, 0) is 17.9 Å². The zero-order chi connectivity index (χ0) is 15.3. The topological polar surface area (TPSA) is 39.9 Å². The second-order valence-electron chi connectivity index (χ2n) is 6.39. The maximum Gasteiger partial charge on any atom is 0.213 e. The number of aromatic nitrogens is 3. The van der Waals surface area contributed by atoms with E-state index in [1.807, 2.05) is 10.8 Å². The summed E-state index contributed by atoms with van der Waals surface area (Å²) < 4.78 is 20.6. The van der Waals surface area contributed by atoms with Gasteiger partial charge in [0.1, 0.15) is 6.73 Å². The van der Waals surface area contributed by atoms with E-state index < -0.39 is 14.0 Å². The molecular formula is C15H22FN3OSi. The summed E-state index contributed by atoms with van der Waals surface area (Å²) in [4.78, 5) is 7.86. The van der Waals surface area contributed by atoms with Crippen LogP contribution in [0.5, 0.6) is 0 Å². The van der Waals surface area contributed by atoms with Crippen molar-refractivity contribution in [2.24, 2.45) is 0 Å². The molecule has 0 bridgehead atoms. The SMILES string of the molecule is C[Si](C)(C)CCOCn1cnc(Cc2ccnc(F)c2)c1. The normalized spacial score (nSPS) is 11.8. The summed E-state index contributed by atoms with van der Waals surface area (Å²) in [6, 6.07) is 4.39. The van der Waals surface area contributed by atoms with E-state index in [1.54, 1.807) is 12.4 Å². The van der Waals surface area contributed by atoms with Crippen LogP contribution < -0.4 is 0 Å². The molecule has 0 aromatic carbocycles. The molecule has 0 amide bonds. The molecule has 21 heavy (non-hydrogen) atoms. The number of ether oxygens (including phenoxy) is 1. The molecule has 0 unspecified atom stereocenters. The largest absolute Gasteiger partial charge is 0.361 e. The van der Waals surface area contributed by atoms with Crippen molar-refractivity contribution in [2.45, 2.75) is 38.8 Å². The van der Waals surface area contributed by atoms with Crippen LogP contribution in [0.3, 0.4) is 0 Å². The minimum absolute atomic E-state index is 0.457. The van der Waals surface area contributed by atoms with E-state index in [9.17, 15) is 4.39 Å². The highest BCUT2D eigenvalue weighted by Gasteiger charge is 2.12. The summed E-state index contributed by atoms with van der Waals surface area (Å²) in [6.45, 7) is 8.31. The lowest BCUT2D eigenvalue weighted by molar-refractivity contribution is 0.0871. The van der Waals surface area contributed by atoms with Gasteiger partial charge in [0.2, 0.25) is 5.95 Å². The maximum atomic E-state index is 13.0. The molecular weight excluding hydrogens is 285 g/mol. The van der Waals surface area contributed by atoms with Crippen molar-refractivity contribution in [3.8, 4) is 0 Å². The van der Waals surface area contributed by atoms with Crippen LogP contribution in [0.15, 0.2) is 30.9 Å². The van der Waals surface area contributed by atoms with Gasteiger partial charge in [0.25, 0.3) is 0 Å². The van der Waals surface area contributed by atoms with Gasteiger partial charge in [0.15, 0.2) is 0 Å². The lowest BCUT2D eigenvalue weighted by atomic mass is 10.1. The molecule has 6 heteroatoms. The van der Waals surface area contributed by atoms with Gasteiger partial charge in [0.05, 0.1) is 12.0 Å². The van der Waals surface area contributed by atoms with E-state index in [-0.39, 0.29) is 0 Å². The fourth-order valence-corrected chi connectivity index (χ4v) is 2.63. The maximum absolute atomic E-state index is 13.0. The molecule has 0 radical (unpaired) electrons. The molecule has 0 saturated heterocycles. The van der Waals surface area contributed by atoms with Gasteiger partial charge in [-0.2, -0.15) is 4.39 Å². The van der Waals surface area contributed by atoms with Gasteiger partial charge in [-0.1, -0.05) is 19.6 Å². The first-order chi connectivity index (χ1) is 9.92. The highest BCUT2D eigenvalue weighted by Crippen LogP contribution is 2.09. The van der Waals surface area contributed by atoms with Crippen LogP contribution in [0, 0.1) is 5.95 Å². The lowest BCUT2D eigenvalue weighted by Crippen LogP contribution is -2.21. The molecule has 4 nitrogen and oxygen atoms in total. The summed E-state index contributed by atoms with van der Waals surface area (Å²) in [7, 11) is -1.04. The fraction of sp³-hybridized carbons (Fsp3) is 0.467. The van der Waals surface area contributed by atoms with Crippen LogP contribution in [0.2, 0.25) is 25.7 Å². The predicted octanol–water partition coefficient (Wildman–Crippen LogP) is 3.32. The number of hydrogen-bond acceptors (Lipinski definition) is 3. The van der Waals surface area contributed by atoms with Crippen LogP contribution in [0.1, 0.15) is 11.3 Å². The van der Waals surface area contributed by atoms with Crippen LogP contribution in [-0.4, -0.2) is 29.2 Å². The van der Waals surface area contributed by atoms with Gasteiger partial charge < -0.3 is 9.30 Å². The van der Waals surface area contributed by atoms with Gasteiger partial charge in [-0.05, 0) is 23.7 Å². The van der Waals surface area contributed by atoms with Gasteiger partial charge in [-0.3, -0.25) is 0 Å². The first-order valence-corrected chi connectivity index (χ1v) is 10.8. The van der Waals surface area contributed by atoms with E-state index in [0.717, 1.165) is 23.9 Å². The van der Waals surface area contributed by atoms with E-state index in [0.29, 0.717) is 13.2 Å². The minimum Gasteiger partial charge on any atom is -0.361 e. The Bertz CT molecular complexity index is 580. The smallest absolute Gasteiger partial charge is 0.213 e. The van der Waals surface area contributed by atoms with E-state index in [2.05, 4.69) is 29.6 Å². The highest BCUT2D eigenvalue weighted by molar-refractivity contribution is 6.76. The number of pyridine rings is 1. The Kier molecular flexibility index (Phi) is 5.25. The van der Waals surface area contributed by atoms with Crippen molar-refractivity contribution < 1.29 is 9.13 Å². The van der Waals surface area contributed by atoms with Crippen molar-refractivity contribution in [3.05, 3.63) is 48.1 Å². The third-order valence-corrected chi connectivity index (χ3v) is 4.80. The average molecular weight is 307 g/mol. The number of rotatable bonds is 7. The molecule has 2 aromatic heterocycles. The van der Waals surface area contributed by atoms with Crippen molar-refractivity contribution in [3.63, 3.8) is 0 Å². The van der Waals surface area contributed by atoms with Gasteiger partial charge in [0, 0.05) is 33.5 Å². The zero-order valence-electron chi connectivity index (χ0n) is 12.8. The molecule has 0 aliphatic rings. The lowest BCUT2D eigenvalue weighted by Gasteiger charge is -2.15. The predicted molar refractivity (Wildman–Crippen MR) is 83.3 cm³/mol. The van der Waals surface area contributed by atoms with E-state index in [1.165, 1.54) is 12.3 Å². The van der Waals surface area contributed by atoms with Gasteiger partial charge >= 0.3 is 0 Å². The molecule has 0 saturated carbocycles. The Morgan fingerprint density at radius 2 is 2.10 bits per heavy atom. The van der Waals surface area contributed by atoms with E-state index in [4.69, 9.17) is 4.74 Å². The Morgan fingerprint density at radius 3 is 2.81 bits per heavy atom. The summed E-state index contributed by atoms with van der Waals surface area (Å²) >= 11 is 0. The Morgan fingerprint density at radius 1 is 1.29 bits per heavy atom. The molecule has 2 heterocycles. The molecule has 0 fully saturated rings. The standard InChI is InChI=1S/C15H22FN3OSi/c1-21(2,3)7-6-20-12-19-10-14(18-11-19)8-13-4-5-17-15(16)9-13/h4-5,9-11H,6-8,12H2,1-3H3. The van der Waals surface area contributed by atoms with Crippen molar-refractivity contribution in [1.29, 1.82) is 0 Å². The summed E-state index contributed by atoms with van der Waals surface area (Å²) in [5.41, 5.74) is 1.77. The second kappa shape index (κ2) is 6.95. The molecule has 2 aromatic rings. The molecule has 0 spiro atoms. The first-order valence-electron chi connectivity index (χ1n) is 7.11. The van der Waals surface area contributed by atoms with Crippen LogP contribution in [0.4, 0.5) is 4.39 Å². The third kappa shape index (κ3) is 5.77. The quantitative estimate of drug-likeness (QED) is 0.447. The van der Waals surface area contributed by atoms with Crippen molar-refractivity contribution >= 4 is 8.07 Å². The number of hydrogen-bond donors (Lipinski definition) is 0. The number of imidazole rings is 1. The highest BCUT2D eigenvalue weighted by atomic mass is 28.3. The van der Waals surface area contributed by atoms with Gasteiger partial charge in [-0.15, -0.1) is 0 Å².